The van der Waals surface area contributed by atoms with Gasteiger partial charge in [-0.3, -0.25) is 24.4 Å². The molecule has 2 saturated heterocycles. The maximum atomic E-state index is 14.3. The number of amides is 2. The largest absolute Gasteiger partial charge is 0.464 e. The molecule has 0 radical (unpaired) electrons. The Hall–Kier alpha value is -4.17. The fourth-order valence-corrected chi connectivity index (χ4v) is 9.60. The van der Waals surface area contributed by atoms with E-state index in [0.29, 0.717) is 25.8 Å². The molecule has 0 aliphatic carbocycles. The summed E-state index contributed by atoms with van der Waals surface area (Å²) in [6.07, 6.45) is 5.06. The van der Waals surface area contributed by atoms with Gasteiger partial charge in [-0.1, -0.05) is 19.9 Å². The molecule has 2 amide bonds. The van der Waals surface area contributed by atoms with Gasteiger partial charge < -0.3 is 24.3 Å². The second-order valence-corrected chi connectivity index (χ2v) is 17.7. The third-order valence-corrected chi connectivity index (χ3v) is 13.0. The van der Waals surface area contributed by atoms with Gasteiger partial charge in [-0.05, 0) is 96.7 Å². The molecule has 6 bridgehead atoms. The van der Waals surface area contributed by atoms with E-state index in [0.717, 1.165) is 69.1 Å². The van der Waals surface area contributed by atoms with Gasteiger partial charge >= 0.3 is 5.97 Å². The fourth-order valence-electron chi connectivity index (χ4n) is 8.75. The highest BCUT2D eigenvalue weighted by Crippen LogP contribution is 2.42. The number of rotatable bonds is 6. The topological polar surface area (TPSA) is 131 Å². The number of cyclic esters (lactones) is 1. The molecule has 300 valence electrons. The van der Waals surface area contributed by atoms with Gasteiger partial charge in [-0.15, -0.1) is 11.3 Å². The molecule has 0 spiro atoms. The lowest BCUT2D eigenvalue weighted by Crippen LogP contribution is -2.61. The molecule has 3 aliphatic rings. The minimum atomic E-state index is -0.856. The first-order valence-electron chi connectivity index (χ1n) is 20.1. The van der Waals surface area contributed by atoms with E-state index < -0.39 is 23.5 Å². The first-order chi connectivity index (χ1) is 26.8. The van der Waals surface area contributed by atoms with Crippen LogP contribution in [0.1, 0.15) is 89.6 Å². The summed E-state index contributed by atoms with van der Waals surface area (Å²) in [5, 5.41) is 8.55. The summed E-state index contributed by atoms with van der Waals surface area (Å²) >= 11 is 1.49. The minimum Gasteiger partial charge on any atom is -0.464 e. The average Bonchev–Trinajstić information content (AvgIpc) is 3.79. The zero-order chi connectivity index (χ0) is 39.9. The van der Waals surface area contributed by atoms with Crippen molar-refractivity contribution in [1.82, 2.24) is 35.2 Å². The van der Waals surface area contributed by atoms with Crippen molar-refractivity contribution >= 4 is 40.0 Å². The lowest BCUT2D eigenvalue weighted by molar-refractivity contribution is -0.155. The number of benzene rings is 1. The van der Waals surface area contributed by atoms with E-state index in [-0.39, 0.29) is 48.9 Å². The molecule has 7 rings (SSSR count). The lowest BCUT2D eigenvalue weighted by atomic mass is 9.84. The van der Waals surface area contributed by atoms with Gasteiger partial charge in [0.25, 0.3) is 5.91 Å². The molecule has 2 N–H and O–H groups in total. The SMILES string of the molecule is CCn1c(-c2cccnc2[C@H](C)OC)c2c3cc(ccc31)-c1csc(n1)C[C@H](NC(=O)C1C[C@@H](C)N(C)[C@@H](C)C1)C(=O)N1CCC[C@H](N1)C(=O)OCC(C)(C)C2. The van der Waals surface area contributed by atoms with Crippen LogP contribution in [0.25, 0.3) is 33.4 Å². The molecule has 56 heavy (non-hydrogen) atoms. The zero-order valence-electron chi connectivity index (χ0n) is 34.1. The summed E-state index contributed by atoms with van der Waals surface area (Å²) in [4.78, 5) is 54.2. The predicted octanol–water partition coefficient (Wildman–Crippen LogP) is 6.32. The number of fused-ring (bicyclic) bond motifs is 6. The van der Waals surface area contributed by atoms with E-state index in [1.54, 1.807) is 7.11 Å². The summed E-state index contributed by atoms with van der Waals surface area (Å²) in [5.41, 5.74) is 9.70. The monoisotopic (exact) mass is 783 g/mol. The molecule has 4 aromatic rings. The summed E-state index contributed by atoms with van der Waals surface area (Å²) in [6, 6.07) is 9.54. The molecule has 1 unspecified atom stereocenters. The van der Waals surface area contributed by atoms with E-state index in [4.69, 9.17) is 19.4 Å². The number of aryl methyl sites for hydroxylation is 1. The Balaban J connectivity index is 1.32. The highest BCUT2D eigenvalue weighted by atomic mass is 32.1. The second-order valence-electron chi connectivity index (χ2n) is 16.8. The summed E-state index contributed by atoms with van der Waals surface area (Å²) in [7, 11) is 3.80. The van der Waals surface area contributed by atoms with Crippen LogP contribution < -0.4 is 10.7 Å². The Morgan fingerprint density at radius 2 is 1.95 bits per heavy atom. The van der Waals surface area contributed by atoms with E-state index in [1.165, 1.54) is 16.3 Å². The van der Waals surface area contributed by atoms with Gasteiger partial charge in [0, 0.05) is 83.6 Å². The van der Waals surface area contributed by atoms with Crippen LogP contribution in [-0.4, -0.2) is 93.7 Å². The van der Waals surface area contributed by atoms with Crippen molar-refractivity contribution in [1.29, 1.82) is 0 Å². The van der Waals surface area contributed by atoms with Gasteiger partial charge in [0.15, 0.2) is 0 Å². The van der Waals surface area contributed by atoms with Crippen molar-refractivity contribution < 1.29 is 23.9 Å². The standard InChI is InChI=1S/C43H57N7O5S/c1-9-49-36-15-14-28-20-31(36)32(39(49)30-12-10-16-44-38(30)27(4)54-8)22-43(5,6)24-55-42(53)33-13-11-17-50(47-33)41(52)34(21-37-45-35(28)23-56-37)46-40(51)29-18-25(2)48(7)26(3)19-29/h10,12,14-16,20,23,25-27,29,33-34,47H,9,11,13,17-19,21-22,24H2,1-8H3,(H,46,51)/t25-,26+,27-,29?,33-,34-/m0/s1. The van der Waals surface area contributed by atoms with Crippen LogP contribution in [0.3, 0.4) is 0 Å². The maximum Gasteiger partial charge on any atom is 0.324 e. The Morgan fingerprint density at radius 1 is 1.18 bits per heavy atom. The van der Waals surface area contributed by atoms with Crippen LogP contribution in [0.4, 0.5) is 0 Å². The number of hydrogen-bond acceptors (Lipinski definition) is 10. The summed E-state index contributed by atoms with van der Waals surface area (Å²) < 4.78 is 14.2. The number of methoxy groups -OCH3 is 1. The van der Waals surface area contributed by atoms with Gasteiger partial charge in [-0.25, -0.2) is 10.4 Å². The van der Waals surface area contributed by atoms with Gasteiger partial charge in [-0.2, -0.15) is 0 Å². The highest BCUT2D eigenvalue weighted by molar-refractivity contribution is 7.10. The number of thiazole rings is 1. The number of pyridine rings is 1. The van der Waals surface area contributed by atoms with Crippen LogP contribution in [0.2, 0.25) is 0 Å². The predicted molar refractivity (Wildman–Crippen MR) is 219 cm³/mol. The molecular formula is C43H57N7O5S. The molecule has 6 atom stereocenters. The number of likely N-dealkylation sites (tertiary alicyclic amines) is 1. The average molecular weight is 784 g/mol. The number of hydrogen-bond donors (Lipinski definition) is 2. The number of hydrazine groups is 1. The first kappa shape index (κ1) is 40.0. The Bertz CT molecular complexity index is 2080. The number of esters is 1. The molecule has 3 aliphatic heterocycles. The molecule has 12 nitrogen and oxygen atoms in total. The Kier molecular flexibility index (Phi) is 11.7. The number of aromatic nitrogens is 3. The van der Waals surface area contributed by atoms with Gasteiger partial charge in [0.1, 0.15) is 12.1 Å². The van der Waals surface area contributed by atoms with Crippen LogP contribution in [0.15, 0.2) is 41.9 Å². The van der Waals surface area contributed by atoms with Crippen molar-refractivity contribution in [2.24, 2.45) is 11.3 Å². The van der Waals surface area contributed by atoms with Crippen LogP contribution in [0.5, 0.6) is 0 Å². The molecule has 13 heteroatoms. The quantitative estimate of drug-likeness (QED) is 0.216. The molecule has 6 heterocycles. The number of carbonyl (C=O) groups excluding carboxylic acids is 3. The highest BCUT2D eigenvalue weighted by Gasteiger charge is 2.38. The van der Waals surface area contributed by atoms with Crippen molar-refractivity contribution in [3.63, 3.8) is 0 Å². The zero-order valence-corrected chi connectivity index (χ0v) is 34.9. The fraction of sp³-hybridized carbons (Fsp3) is 0.558. The number of nitrogens with zero attached hydrogens (tertiary/aromatic N) is 5. The van der Waals surface area contributed by atoms with Crippen LogP contribution in [-0.2, 0) is 43.2 Å². The molecule has 1 aromatic carbocycles. The van der Waals surface area contributed by atoms with E-state index in [9.17, 15) is 14.4 Å². The lowest BCUT2D eigenvalue weighted by Gasteiger charge is -2.40. The molecule has 2 fully saturated rings. The Morgan fingerprint density at radius 3 is 2.68 bits per heavy atom. The van der Waals surface area contributed by atoms with Crippen molar-refractivity contribution in [2.75, 3.05) is 27.3 Å². The second kappa shape index (κ2) is 16.4. The number of carbonyl (C=O) groups is 3. The van der Waals surface area contributed by atoms with E-state index >= 15 is 0 Å². The van der Waals surface area contributed by atoms with Crippen molar-refractivity contribution in [3.8, 4) is 22.5 Å². The summed E-state index contributed by atoms with van der Waals surface area (Å²) in [6.45, 7) is 14.0. The van der Waals surface area contributed by atoms with E-state index in [2.05, 4.69) is 86.1 Å². The van der Waals surface area contributed by atoms with Crippen LogP contribution in [0, 0.1) is 11.3 Å². The minimum absolute atomic E-state index is 0.116. The molecular weight excluding hydrogens is 727 g/mol. The van der Waals surface area contributed by atoms with Crippen molar-refractivity contribution in [3.05, 3.63) is 58.2 Å². The van der Waals surface area contributed by atoms with Crippen LogP contribution >= 0.6 is 11.3 Å². The van der Waals surface area contributed by atoms with Crippen molar-refractivity contribution in [2.45, 2.75) is 117 Å². The van der Waals surface area contributed by atoms with Gasteiger partial charge in [0.2, 0.25) is 5.91 Å². The van der Waals surface area contributed by atoms with E-state index in [1.807, 2.05) is 24.6 Å². The summed E-state index contributed by atoms with van der Waals surface area (Å²) in [5.74, 6) is -0.987. The first-order valence-corrected chi connectivity index (χ1v) is 21.0. The number of ether oxygens (including phenoxy) is 2. The number of nitrogens with one attached hydrogen (secondary N) is 2. The normalized spacial score (nSPS) is 25.4. The third kappa shape index (κ3) is 8.00. The molecule has 3 aromatic heterocycles. The maximum absolute atomic E-state index is 14.3. The van der Waals surface area contributed by atoms with Gasteiger partial charge in [0.05, 0.1) is 34.8 Å². The molecule has 0 saturated carbocycles. The Labute approximate surface area is 334 Å². The smallest absolute Gasteiger partial charge is 0.324 e. The number of piperidine rings is 1. The third-order valence-electron chi connectivity index (χ3n) is 12.2.